The lowest BCUT2D eigenvalue weighted by Gasteiger charge is -2.22. The highest BCUT2D eigenvalue weighted by atomic mass is 79.9. The molecule has 4 rings (SSSR count). The van der Waals surface area contributed by atoms with Crippen LogP contribution < -0.4 is 4.90 Å². The van der Waals surface area contributed by atoms with Crippen LogP contribution in [0, 0.1) is 0 Å². The Balaban J connectivity index is 1.56. The van der Waals surface area contributed by atoms with Crippen molar-refractivity contribution in [2.45, 2.75) is 13.0 Å². The molecule has 3 heterocycles. The van der Waals surface area contributed by atoms with Crippen LogP contribution in [0.1, 0.15) is 11.4 Å². The molecular weight excluding hydrogens is 448 g/mol. The highest BCUT2D eigenvalue weighted by molar-refractivity contribution is 9.10. The standard InChI is InChI=1S/C22H17BrN4OS/c23-17-6-8-20(9-7-17)27(14-18-5-1-2-11-25-18)21(28)12-19-15-29-22(26-19)16-4-3-10-24-13-16/h1-11,13,15H,12,14H2. The van der Waals surface area contributed by atoms with Gasteiger partial charge in [0, 0.05) is 39.7 Å². The molecule has 3 aromatic heterocycles. The lowest BCUT2D eigenvalue weighted by Crippen LogP contribution is -2.32. The Morgan fingerprint density at radius 2 is 1.86 bits per heavy atom. The number of rotatable bonds is 6. The van der Waals surface area contributed by atoms with Crippen LogP contribution in [-0.4, -0.2) is 20.9 Å². The minimum absolute atomic E-state index is 0.0268. The highest BCUT2D eigenvalue weighted by Gasteiger charge is 2.19. The van der Waals surface area contributed by atoms with Crippen LogP contribution in [0.2, 0.25) is 0 Å². The molecule has 0 fully saturated rings. The maximum absolute atomic E-state index is 13.2. The molecule has 0 saturated heterocycles. The van der Waals surface area contributed by atoms with Crippen molar-refractivity contribution in [1.29, 1.82) is 0 Å². The smallest absolute Gasteiger partial charge is 0.233 e. The molecule has 0 aliphatic carbocycles. The monoisotopic (exact) mass is 464 g/mol. The van der Waals surface area contributed by atoms with Gasteiger partial charge in [0.25, 0.3) is 0 Å². The zero-order chi connectivity index (χ0) is 20.1. The van der Waals surface area contributed by atoms with E-state index < -0.39 is 0 Å². The molecule has 0 saturated carbocycles. The molecule has 0 radical (unpaired) electrons. The Hall–Kier alpha value is -2.90. The van der Waals surface area contributed by atoms with Crippen LogP contribution in [0.3, 0.4) is 0 Å². The van der Waals surface area contributed by atoms with Gasteiger partial charge in [0.05, 0.1) is 24.4 Å². The molecular formula is C22H17BrN4OS. The summed E-state index contributed by atoms with van der Waals surface area (Å²) in [6.45, 7) is 0.404. The highest BCUT2D eigenvalue weighted by Crippen LogP contribution is 2.25. The van der Waals surface area contributed by atoms with Crippen LogP contribution in [0.5, 0.6) is 0 Å². The first-order chi connectivity index (χ1) is 14.2. The topological polar surface area (TPSA) is 59.0 Å². The minimum atomic E-state index is -0.0268. The van der Waals surface area contributed by atoms with Crippen molar-refractivity contribution in [3.8, 4) is 10.6 Å². The van der Waals surface area contributed by atoms with Gasteiger partial charge < -0.3 is 4.90 Å². The fourth-order valence-electron chi connectivity index (χ4n) is 2.86. The summed E-state index contributed by atoms with van der Waals surface area (Å²) < 4.78 is 0.965. The van der Waals surface area contributed by atoms with E-state index in [4.69, 9.17) is 0 Å². The van der Waals surface area contributed by atoms with Crippen molar-refractivity contribution in [2.75, 3.05) is 4.90 Å². The second-order valence-electron chi connectivity index (χ2n) is 6.34. The van der Waals surface area contributed by atoms with E-state index in [0.29, 0.717) is 6.54 Å². The molecule has 4 aromatic rings. The Bertz CT molecular complexity index is 1080. The van der Waals surface area contributed by atoms with E-state index >= 15 is 0 Å². The molecule has 0 unspecified atom stereocenters. The molecule has 5 nitrogen and oxygen atoms in total. The third-order valence-corrected chi connectivity index (χ3v) is 5.75. The molecule has 0 aliphatic rings. The van der Waals surface area contributed by atoms with Gasteiger partial charge in [0.15, 0.2) is 0 Å². The summed E-state index contributed by atoms with van der Waals surface area (Å²) in [5, 5.41) is 2.79. The molecule has 0 aliphatic heterocycles. The Kier molecular flexibility index (Phi) is 6.07. The van der Waals surface area contributed by atoms with E-state index in [2.05, 4.69) is 30.9 Å². The predicted molar refractivity (Wildman–Crippen MR) is 119 cm³/mol. The Morgan fingerprint density at radius 1 is 1.00 bits per heavy atom. The van der Waals surface area contributed by atoms with Crippen LogP contribution >= 0.6 is 27.3 Å². The first-order valence-corrected chi connectivity index (χ1v) is 10.7. The Labute approximate surface area is 181 Å². The number of carbonyl (C=O) groups excluding carboxylic acids is 1. The second-order valence-corrected chi connectivity index (χ2v) is 8.11. The van der Waals surface area contributed by atoms with E-state index in [1.54, 1.807) is 23.5 Å². The third-order valence-electron chi connectivity index (χ3n) is 4.28. The van der Waals surface area contributed by atoms with Gasteiger partial charge in [-0.3, -0.25) is 14.8 Å². The molecule has 0 spiro atoms. The summed E-state index contributed by atoms with van der Waals surface area (Å²) in [6.07, 6.45) is 5.47. The maximum Gasteiger partial charge on any atom is 0.233 e. The number of hydrogen-bond donors (Lipinski definition) is 0. The zero-order valence-corrected chi connectivity index (χ0v) is 17.8. The fraction of sp³-hybridized carbons (Fsp3) is 0.0909. The number of carbonyl (C=O) groups is 1. The van der Waals surface area contributed by atoms with Gasteiger partial charge in [-0.25, -0.2) is 4.98 Å². The van der Waals surface area contributed by atoms with Crippen LogP contribution in [0.15, 0.2) is 83.0 Å². The Morgan fingerprint density at radius 3 is 2.59 bits per heavy atom. The van der Waals surface area contributed by atoms with Gasteiger partial charge in [-0.1, -0.05) is 22.0 Å². The van der Waals surface area contributed by atoms with Crippen molar-refractivity contribution in [3.05, 3.63) is 94.4 Å². The second kappa shape index (κ2) is 9.07. The predicted octanol–water partition coefficient (Wildman–Crippen LogP) is 5.14. The van der Waals surface area contributed by atoms with E-state index in [1.165, 1.54) is 11.3 Å². The largest absolute Gasteiger partial charge is 0.306 e. The summed E-state index contributed by atoms with van der Waals surface area (Å²) >= 11 is 4.97. The van der Waals surface area contributed by atoms with Crippen molar-refractivity contribution in [2.24, 2.45) is 0 Å². The lowest BCUT2D eigenvalue weighted by atomic mass is 10.2. The van der Waals surface area contributed by atoms with Gasteiger partial charge in [-0.2, -0.15) is 0 Å². The average Bonchev–Trinajstić information content (AvgIpc) is 3.22. The van der Waals surface area contributed by atoms with Crippen LogP contribution in [0.25, 0.3) is 10.6 Å². The van der Waals surface area contributed by atoms with E-state index in [1.807, 2.05) is 60.0 Å². The summed E-state index contributed by atoms with van der Waals surface area (Å²) in [5.41, 5.74) is 3.36. The van der Waals surface area contributed by atoms with E-state index in [0.717, 1.165) is 32.1 Å². The number of anilines is 1. The first kappa shape index (κ1) is 19.4. The minimum Gasteiger partial charge on any atom is -0.306 e. The summed E-state index contributed by atoms with van der Waals surface area (Å²) in [6, 6.07) is 17.3. The number of nitrogens with zero attached hydrogens (tertiary/aromatic N) is 4. The fourth-order valence-corrected chi connectivity index (χ4v) is 3.93. The van der Waals surface area contributed by atoms with Crippen molar-refractivity contribution in [1.82, 2.24) is 15.0 Å². The number of halogens is 1. The number of hydrogen-bond acceptors (Lipinski definition) is 5. The number of aromatic nitrogens is 3. The average molecular weight is 465 g/mol. The van der Waals surface area contributed by atoms with Crippen LogP contribution in [0.4, 0.5) is 5.69 Å². The van der Waals surface area contributed by atoms with Crippen molar-refractivity contribution in [3.63, 3.8) is 0 Å². The molecule has 1 amide bonds. The van der Waals surface area contributed by atoms with Gasteiger partial charge in [-0.05, 0) is 48.5 Å². The van der Waals surface area contributed by atoms with E-state index in [9.17, 15) is 4.79 Å². The van der Waals surface area contributed by atoms with Gasteiger partial charge >= 0.3 is 0 Å². The third kappa shape index (κ3) is 4.93. The van der Waals surface area contributed by atoms with Gasteiger partial charge in [-0.15, -0.1) is 11.3 Å². The van der Waals surface area contributed by atoms with Crippen molar-refractivity contribution >= 4 is 38.9 Å². The van der Waals surface area contributed by atoms with Crippen molar-refractivity contribution < 1.29 is 4.79 Å². The molecule has 29 heavy (non-hydrogen) atoms. The molecule has 0 bridgehead atoms. The maximum atomic E-state index is 13.2. The molecule has 0 atom stereocenters. The SMILES string of the molecule is O=C(Cc1csc(-c2cccnc2)n1)N(Cc1ccccn1)c1ccc(Br)cc1. The lowest BCUT2D eigenvalue weighted by molar-refractivity contribution is -0.118. The number of benzene rings is 1. The number of amides is 1. The molecule has 1 aromatic carbocycles. The molecule has 7 heteroatoms. The number of thiazole rings is 1. The zero-order valence-electron chi connectivity index (χ0n) is 15.4. The molecule has 0 N–H and O–H groups in total. The summed E-state index contributed by atoms with van der Waals surface area (Å²) in [4.78, 5) is 28.1. The summed E-state index contributed by atoms with van der Waals surface area (Å²) in [7, 11) is 0. The normalized spacial score (nSPS) is 10.7. The number of pyridine rings is 2. The van der Waals surface area contributed by atoms with Gasteiger partial charge in [0.1, 0.15) is 5.01 Å². The van der Waals surface area contributed by atoms with E-state index in [-0.39, 0.29) is 12.3 Å². The first-order valence-electron chi connectivity index (χ1n) is 9.00. The summed E-state index contributed by atoms with van der Waals surface area (Å²) in [5.74, 6) is -0.0268. The molecule has 144 valence electrons. The quantitative estimate of drug-likeness (QED) is 0.396. The van der Waals surface area contributed by atoms with Gasteiger partial charge in [0.2, 0.25) is 5.91 Å². The van der Waals surface area contributed by atoms with Crippen LogP contribution in [-0.2, 0) is 17.8 Å².